The van der Waals surface area contributed by atoms with Crippen LogP contribution in [0.25, 0.3) is 0 Å². The first-order valence-electron chi connectivity index (χ1n) is 6.68. The van der Waals surface area contributed by atoms with E-state index in [4.69, 9.17) is 5.73 Å². The fourth-order valence-electron chi connectivity index (χ4n) is 1.95. The predicted octanol–water partition coefficient (Wildman–Crippen LogP) is -0.0827. The summed E-state index contributed by atoms with van der Waals surface area (Å²) in [6.07, 6.45) is 2.75. The molecule has 108 valence electrons. The first kappa shape index (κ1) is 15.5. The first-order valence-corrected chi connectivity index (χ1v) is 6.68. The number of primary amides is 1. The molecular weight excluding hydrogens is 246 g/mol. The summed E-state index contributed by atoms with van der Waals surface area (Å²) >= 11 is 0. The Morgan fingerprint density at radius 1 is 1.21 bits per heavy atom. The number of rotatable bonds is 7. The van der Waals surface area contributed by atoms with Gasteiger partial charge in [-0.2, -0.15) is 0 Å². The summed E-state index contributed by atoms with van der Waals surface area (Å²) in [4.78, 5) is 34.5. The Morgan fingerprint density at radius 2 is 1.79 bits per heavy atom. The van der Waals surface area contributed by atoms with Gasteiger partial charge in [-0.15, -0.1) is 0 Å². The minimum Gasteiger partial charge on any atom is -0.368 e. The second kappa shape index (κ2) is 6.54. The van der Waals surface area contributed by atoms with Crippen LogP contribution in [0.1, 0.15) is 40.0 Å². The topological polar surface area (TPSA) is 101 Å². The van der Waals surface area contributed by atoms with Crippen LogP contribution in [0.3, 0.4) is 0 Å². The van der Waals surface area contributed by atoms with Crippen LogP contribution >= 0.6 is 0 Å². The number of amides is 3. The molecule has 0 aromatic carbocycles. The van der Waals surface area contributed by atoms with Gasteiger partial charge in [0.05, 0.1) is 0 Å². The summed E-state index contributed by atoms with van der Waals surface area (Å²) in [5.74, 6) is -0.721. The highest BCUT2D eigenvalue weighted by Gasteiger charge is 2.31. The third kappa shape index (κ3) is 5.28. The lowest BCUT2D eigenvalue weighted by Gasteiger charge is -2.23. The molecule has 4 N–H and O–H groups in total. The summed E-state index contributed by atoms with van der Waals surface area (Å²) in [5.41, 5.74) is 5.30. The number of nitrogens with two attached hydrogens (primary N) is 1. The van der Waals surface area contributed by atoms with E-state index in [0.717, 1.165) is 12.8 Å². The standard InChI is InChI=1S/C13H23N3O3/c1-7(2)11(15-8(3)17)13(19)16-10(12(14)18)6-9-4-5-9/h7,9-11H,4-6H2,1-3H3,(H2,14,18)(H,15,17)(H,16,19)/t10-,11-/m1/s1. The van der Waals surface area contributed by atoms with Gasteiger partial charge in [0.2, 0.25) is 17.7 Å². The zero-order valence-electron chi connectivity index (χ0n) is 11.7. The molecule has 1 fully saturated rings. The fraction of sp³-hybridized carbons (Fsp3) is 0.769. The van der Waals surface area contributed by atoms with E-state index in [1.54, 1.807) is 0 Å². The molecule has 0 aliphatic heterocycles. The molecule has 3 amide bonds. The third-order valence-corrected chi connectivity index (χ3v) is 3.23. The average molecular weight is 269 g/mol. The molecule has 0 aromatic rings. The maximum Gasteiger partial charge on any atom is 0.243 e. The molecule has 0 aromatic heterocycles. The Hall–Kier alpha value is -1.59. The van der Waals surface area contributed by atoms with E-state index < -0.39 is 18.0 Å². The molecule has 0 heterocycles. The van der Waals surface area contributed by atoms with Crippen LogP contribution in [0.4, 0.5) is 0 Å². The van der Waals surface area contributed by atoms with Crippen LogP contribution in [0.15, 0.2) is 0 Å². The minimum absolute atomic E-state index is 0.0571. The van der Waals surface area contributed by atoms with Crippen LogP contribution in [0.5, 0.6) is 0 Å². The highest BCUT2D eigenvalue weighted by atomic mass is 16.2. The van der Waals surface area contributed by atoms with E-state index in [-0.39, 0.29) is 17.7 Å². The fourth-order valence-corrected chi connectivity index (χ4v) is 1.95. The summed E-state index contributed by atoms with van der Waals surface area (Å²) in [5, 5.41) is 5.24. The van der Waals surface area contributed by atoms with Crippen molar-refractivity contribution >= 4 is 17.7 Å². The zero-order valence-corrected chi connectivity index (χ0v) is 11.7. The van der Waals surface area contributed by atoms with Crippen LogP contribution in [-0.2, 0) is 14.4 Å². The first-order chi connectivity index (χ1) is 8.81. The maximum atomic E-state index is 12.1. The van der Waals surface area contributed by atoms with E-state index in [0.29, 0.717) is 12.3 Å². The van der Waals surface area contributed by atoms with Crippen molar-refractivity contribution in [2.45, 2.75) is 52.1 Å². The van der Waals surface area contributed by atoms with Gasteiger partial charge in [0.25, 0.3) is 0 Å². The van der Waals surface area contributed by atoms with Crippen molar-refractivity contribution in [3.05, 3.63) is 0 Å². The number of hydrogen-bond donors (Lipinski definition) is 3. The van der Waals surface area contributed by atoms with E-state index in [9.17, 15) is 14.4 Å². The molecule has 0 saturated heterocycles. The van der Waals surface area contributed by atoms with Crippen LogP contribution in [-0.4, -0.2) is 29.8 Å². The van der Waals surface area contributed by atoms with Gasteiger partial charge in [0, 0.05) is 6.92 Å². The van der Waals surface area contributed by atoms with Gasteiger partial charge in [0.1, 0.15) is 12.1 Å². The van der Waals surface area contributed by atoms with Gasteiger partial charge >= 0.3 is 0 Å². The molecule has 0 radical (unpaired) electrons. The van der Waals surface area contributed by atoms with Gasteiger partial charge in [0.15, 0.2) is 0 Å². The molecule has 1 rings (SSSR count). The monoisotopic (exact) mass is 269 g/mol. The molecular formula is C13H23N3O3. The second-order valence-corrected chi connectivity index (χ2v) is 5.56. The Balaban J connectivity index is 2.61. The van der Waals surface area contributed by atoms with Crippen LogP contribution < -0.4 is 16.4 Å². The molecule has 0 bridgehead atoms. The molecule has 1 aliphatic carbocycles. The van der Waals surface area contributed by atoms with E-state index in [1.807, 2.05) is 13.8 Å². The average Bonchev–Trinajstić information content (AvgIpc) is 3.07. The van der Waals surface area contributed by atoms with Crippen LogP contribution in [0.2, 0.25) is 0 Å². The van der Waals surface area contributed by atoms with Crippen molar-refractivity contribution in [3.8, 4) is 0 Å². The maximum absolute atomic E-state index is 12.1. The zero-order chi connectivity index (χ0) is 14.6. The molecule has 2 atom stereocenters. The number of nitrogens with one attached hydrogen (secondary N) is 2. The Labute approximate surface area is 113 Å². The van der Waals surface area contributed by atoms with E-state index in [1.165, 1.54) is 6.92 Å². The van der Waals surface area contributed by atoms with Crippen molar-refractivity contribution in [1.29, 1.82) is 0 Å². The molecule has 0 spiro atoms. The van der Waals surface area contributed by atoms with Gasteiger partial charge in [-0.3, -0.25) is 14.4 Å². The number of hydrogen-bond acceptors (Lipinski definition) is 3. The van der Waals surface area contributed by atoms with Crippen molar-refractivity contribution in [3.63, 3.8) is 0 Å². The largest absolute Gasteiger partial charge is 0.368 e. The smallest absolute Gasteiger partial charge is 0.243 e. The van der Waals surface area contributed by atoms with Gasteiger partial charge in [-0.05, 0) is 18.3 Å². The lowest BCUT2D eigenvalue weighted by molar-refractivity contribution is -0.131. The van der Waals surface area contributed by atoms with E-state index in [2.05, 4.69) is 10.6 Å². The molecule has 6 heteroatoms. The Morgan fingerprint density at radius 3 is 2.16 bits per heavy atom. The summed E-state index contributed by atoms with van der Waals surface area (Å²) in [6.45, 7) is 5.03. The van der Waals surface area contributed by atoms with Crippen LogP contribution in [0, 0.1) is 11.8 Å². The second-order valence-electron chi connectivity index (χ2n) is 5.56. The molecule has 1 aliphatic rings. The number of carbonyl (C=O) groups is 3. The molecule has 19 heavy (non-hydrogen) atoms. The third-order valence-electron chi connectivity index (χ3n) is 3.23. The van der Waals surface area contributed by atoms with Crippen molar-refractivity contribution in [2.75, 3.05) is 0 Å². The summed E-state index contributed by atoms with van der Waals surface area (Å²) < 4.78 is 0. The Kier molecular flexibility index (Phi) is 5.32. The normalized spacial score (nSPS) is 17.7. The van der Waals surface area contributed by atoms with Gasteiger partial charge < -0.3 is 16.4 Å². The van der Waals surface area contributed by atoms with Crippen molar-refractivity contribution in [1.82, 2.24) is 10.6 Å². The predicted molar refractivity (Wildman–Crippen MR) is 70.9 cm³/mol. The van der Waals surface area contributed by atoms with Crippen molar-refractivity contribution in [2.24, 2.45) is 17.6 Å². The minimum atomic E-state index is -0.644. The van der Waals surface area contributed by atoms with E-state index >= 15 is 0 Å². The molecule has 6 nitrogen and oxygen atoms in total. The highest BCUT2D eigenvalue weighted by Crippen LogP contribution is 2.33. The van der Waals surface area contributed by atoms with Gasteiger partial charge in [-0.1, -0.05) is 26.7 Å². The highest BCUT2D eigenvalue weighted by molar-refractivity contribution is 5.91. The van der Waals surface area contributed by atoms with Crippen molar-refractivity contribution < 1.29 is 14.4 Å². The number of carbonyl (C=O) groups excluding carboxylic acids is 3. The quantitative estimate of drug-likeness (QED) is 0.602. The molecule has 0 unspecified atom stereocenters. The Bertz CT molecular complexity index is 364. The summed E-state index contributed by atoms with van der Waals surface area (Å²) in [6, 6.07) is -1.28. The lowest BCUT2D eigenvalue weighted by Crippen LogP contribution is -2.54. The molecule has 1 saturated carbocycles. The summed E-state index contributed by atoms with van der Waals surface area (Å²) in [7, 11) is 0. The van der Waals surface area contributed by atoms with Gasteiger partial charge in [-0.25, -0.2) is 0 Å². The lowest BCUT2D eigenvalue weighted by atomic mass is 10.0. The SMILES string of the molecule is CC(=O)N[C@@H](C(=O)N[C@H](CC1CC1)C(N)=O)C(C)C.